The van der Waals surface area contributed by atoms with Crippen molar-refractivity contribution in [1.82, 2.24) is 5.32 Å². The van der Waals surface area contributed by atoms with Crippen LogP contribution in [0.5, 0.6) is 0 Å². The monoisotopic (exact) mass is 249 g/mol. The topological polar surface area (TPSA) is 21.3 Å². The highest BCUT2D eigenvalue weighted by Gasteiger charge is 2.41. The maximum absolute atomic E-state index is 6.32. The molecule has 2 unspecified atom stereocenters. The molecule has 1 saturated heterocycles. The van der Waals surface area contributed by atoms with E-state index in [2.05, 4.69) is 17.5 Å². The first-order valence-electron chi connectivity index (χ1n) is 7.90. The van der Waals surface area contributed by atoms with Crippen LogP contribution in [0.25, 0.3) is 0 Å². The largest absolute Gasteiger partial charge is 0.370 e. The Labute approximate surface area is 111 Å². The van der Waals surface area contributed by atoms with Gasteiger partial charge in [-0.3, -0.25) is 0 Å². The van der Waals surface area contributed by atoms with Gasteiger partial charge >= 0.3 is 0 Å². The van der Waals surface area contributed by atoms with Crippen LogP contribution in [0, 0.1) is 5.92 Å². The van der Waals surface area contributed by atoms with E-state index in [-0.39, 0.29) is 0 Å². The van der Waals surface area contributed by atoms with Gasteiger partial charge in [0.2, 0.25) is 0 Å². The minimum atomic E-state index is 0.305. The number of hydrogen-bond donors (Lipinski definition) is 1. The first kappa shape index (κ1) is 12.7. The van der Waals surface area contributed by atoms with Gasteiger partial charge in [-0.05, 0) is 57.4 Å². The summed E-state index contributed by atoms with van der Waals surface area (Å²) in [6.07, 6.45) is 17.0. The van der Waals surface area contributed by atoms with E-state index < -0.39 is 0 Å². The lowest BCUT2D eigenvalue weighted by molar-refractivity contribution is -0.0352. The molecule has 1 heterocycles. The predicted molar refractivity (Wildman–Crippen MR) is 74.7 cm³/mol. The Hall–Kier alpha value is -0.340. The van der Waals surface area contributed by atoms with Gasteiger partial charge < -0.3 is 10.1 Å². The molecule has 1 aliphatic heterocycles. The third-order valence-electron chi connectivity index (χ3n) is 5.04. The van der Waals surface area contributed by atoms with E-state index in [4.69, 9.17) is 4.74 Å². The third kappa shape index (κ3) is 2.97. The molecule has 102 valence electrons. The molecule has 0 aromatic heterocycles. The van der Waals surface area contributed by atoms with Gasteiger partial charge in [-0.1, -0.05) is 25.0 Å². The van der Waals surface area contributed by atoms with Crippen LogP contribution < -0.4 is 5.32 Å². The number of allylic oxidation sites excluding steroid dienone is 2. The number of hydrogen-bond acceptors (Lipinski definition) is 2. The average molecular weight is 249 g/mol. The Morgan fingerprint density at radius 1 is 1.06 bits per heavy atom. The predicted octanol–water partition coefficient (Wildman–Crippen LogP) is 3.42. The Bertz CT molecular complexity index is 293. The maximum Gasteiger partial charge on any atom is 0.0708 e. The molecule has 0 radical (unpaired) electrons. The molecule has 2 nitrogen and oxygen atoms in total. The van der Waals surface area contributed by atoms with Crippen LogP contribution in [0.2, 0.25) is 0 Å². The van der Waals surface area contributed by atoms with E-state index in [1.165, 1.54) is 64.3 Å². The highest BCUT2D eigenvalue weighted by molar-refractivity contribution is 4.94. The zero-order valence-electron chi connectivity index (χ0n) is 11.5. The summed E-state index contributed by atoms with van der Waals surface area (Å²) in [5.41, 5.74) is 0.305. The fourth-order valence-corrected chi connectivity index (χ4v) is 3.92. The first-order valence-corrected chi connectivity index (χ1v) is 7.90. The zero-order chi connectivity index (χ0) is 12.3. The Morgan fingerprint density at radius 3 is 2.72 bits per heavy atom. The van der Waals surface area contributed by atoms with Crippen molar-refractivity contribution >= 4 is 0 Å². The van der Waals surface area contributed by atoms with Gasteiger partial charge in [0.15, 0.2) is 0 Å². The summed E-state index contributed by atoms with van der Waals surface area (Å²) in [5.74, 6) is 0.858. The number of nitrogens with one attached hydrogen (secondary N) is 1. The molecule has 0 aromatic carbocycles. The van der Waals surface area contributed by atoms with Crippen LogP contribution in [0.4, 0.5) is 0 Å². The first-order chi connectivity index (χ1) is 8.86. The standard InChI is InChI=1S/C16H27NO/c1-2-6-14(7-3-1)12-17-13-15-8-11-16(18-15)9-4-5-10-16/h1-2,14-15,17H,3-13H2. The van der Waals surface area contributed by atoms with Crippen molar-refractivity contribution in [2.75, 3.05) is 13.1 Å². The molecule has 2 heteroatoms. The molecule has 3 rings (SSSR count). The Kier molecular flexibility index (Phi) is 4.05. The van der Waals surface area contributed by atoms with Crippen molar-refractivity contribution in [3.63, 3.8) is 0 Å². The summed E-state index contributed by atoms with van der Waals surface area (Å²) in [7, 11) is 0. The highest BCUT2D eigenvalue weighted by atomic mass is 16.5. The molecule has 2 atom stereocenters. The summed E-state index contributed by atoms with van der Waals surface area (Å²) in [4.78, 5) is 0. The summed E-state index contributed by atoms with van der Waals surface area (Å²) < 4.78 is 6.32. The van der Waals surface area contributed by atoms with Gasteiger partial charge in [0.05, 0.1) is 11.7 Å². The van der Waals surface area contributed by atoms with Crippen LogP contribution >= 0.6 is 0 Å². The van der Waals surface area contributed by atoms with Gasteiger partial charge in [0.25, 0.3) is 0 Å². The maximum atomic E-state index is 6.32. The minimum Gasteiger partial charge on any atom is -0.370 e. The molecular formula is C16H27NO. The molecule has 2 aliphatic carbocycles. The number of ether oxygens (including phenoxy) is 1. The van der Waals surface area contributed by atoms with Gasteiger partial charge in [-0.2, -0.15) is 0 Å². The second kappa shape index (κ2) is 5.75. The van der Waals surface area contributed by atoms with Crippen LogP contribution in [0.3, 0.4) is 0 Å². The van der Waals surface area contributed by atoms with E-state index in [0.717, 1.165) is 12.5 Å². The molecule has 1 spiro atoms. The molecule has 0 amide bonds. The van der Waals surface area contributed by atoms with Crippen molar-refractivity contribution in [3.8, 4) is 0 Å². The lowest BCUT2D eigenvalue weighted by atomic mass is 9.94. The van der Waals surface area contributed by atoms with Crippen molar-refractivity contribution in [2.24, 2.45) is 5.92 Å². The van der Waals surface area contributed by atoms with Crippen molar-refractivity contribution in [3.05, 3.63) is 12.2 Å². The number of rotatable bonds is 4. The van der Waals surface area contributed by atoms with Crippen LogP contribution in [0.1, 0.15) is 57.8 Å². The summed E-state index contributed by atoms with van der Waals surface area (Å²) in [6, 6.07) is 0. The van der Waals surface area contributed by atoms with Gasteiger partial charge in [0.1, 0.15) is 0 Å². The van der Waals surface area contributed by atoms with Crippen LogP contribution in [0.15, 0.2) is 12.2 Å². The average Bonchev–Trinajstić information content (AvgIpc) is 3.02. The molecule has 1 N–H and O–H groups in total. The fraction of sp³-hybridized carbons (Fsp3) is 0.875. The lowest BCUT2D eigenvalue weighted by Crippen LogP contribution is -2.33. The summed E-state index contributed by atoms with van der Waals surface area (Å²) in [6.45, 7) is 2.25. The van der Waals surface area contributed by atoms with Crippen molar-refractivity contribution in [2.45, 2.75) is 69.5 Å². The van der Waals surface area contributed by atoms with Gasteiger partial charge in [-0.25, -0.2) is 0 Å². The summed E-state index contributed by atoms with van der Waals surface area (Å²) >= 11 is 0. The van der Waals surface area contributed by atoms with Gasteiger partial charge in [0, 0.05) is 6.54 Å². The lowest BCUT2D eigenvalue weighted by Gasteiger charge is -2.24. The fourth-order valence-electron chi connectivity index (χ4n) is 3.92. The molecule has 0 bridgehead atoms. The van der Waals surface area contributed by atoms with Crippen molar-refractivity contribution < 1.29 is 4.74 Å². The van der Waals surface area contributed by atoms with E-state index in [1.807, 2.05) is 0 Å². The van der Waals surface area contributed by atoms with Crippen LogP contribution in [-0.2, 0) is 4.74 Å². The zero-order valence-corrected chi connectivity index (χ0v) is 11.5. The molecule has 18 heavy (non-hydrogen) atoms. The third-order valence-corrected chi connectivity index (χ3v) is 5.04. The molecule has 1 saturated carbocycles. The summed E-state index contributed by atoms with van der Waals surface area (Å²) in [5, 5.41) is 3.64. The second-order valence-corrected chi connectivity index (χ2v) is 6.48. The van der Waals surface area contributed by atoms with Gasteiger partial charge in [-0.15, -0.1) is 0 Å². The molecule has 2 fully saturated rings. The molecular weight excluding hydrogens is 222 g/mol. The highest BCUT2D eigenvalue weighted by Crippen LogP contribution is 2.43. The SMILES string of the molecule is C1=CCC(CNCC2CCC3(CCCC3)O2)CC1. The smallest absolute Gasteiger partial charge is 0.0708 e. The van der Waals surface area contributed by atoms with Crippen LogP contribution in [-0.4, -0.2) is 24.8 Å². The molecule has 0 aromatic rings. The van der Waals surface area contributed by atoms with E-state index in [9.17, 15) is 0 Å². The second-order valence-electron chi connectivity index (χ2n) is 6.48. The van der Waals surface area contributed by atoms with Crippen molar-refractivity contribution in [1.29, 1.82) is 0 Å². The van der Waals surface area contributed by atoms with E-state index in [0.29, 0.717) is 11.7 Å². The quantitative estimate of drug-likeness (QED) is 0.771. The Morgan fingerprint density at radius 2 is 1.94 bits per heavy atom. The minimum absolute atomic E-state index is 0.305. The Balaban J connectivity index is 1.35. The normalized spacial score (nSPS) is 34.4. The van der Waals surface area contributed by atoms with E-state index >= 15 is 0 Å². The van der Waals surface area contributed by atoms with E-state index in [1.54, 1.807) is 0 Å². The molecule has 3 aliphatic rings.